The van der Waals surface area contributed by atoms with Gasteiger partial charge in [0.1, 0.15) is 6.67 Å². The van der Waals surface area contributed by atoms with Crippen LogP contribution < -0.4 is 4.90 Å². The predicted molar refractivity (Wildman–Crippen MR) is 52.9 cm³/mol. The van der Waals surface area contributed by atoms with Crippen molar-refractivity contribution < 1.29 is 4.39 Å². The van der Waals surface area contributed by atoms with Crippen LogP contribution in [0.25, 0.3) is 0 Å². The number of anilines is 1. The average Bonchev–Trinajstić information content (AvgIpc) is 2.44. The zero-order chi connectivity index (χ0) is 9.26. The lowest BCUT2D eigenvalue weighted by Gasteiger charge is -2.23. The number of fused-ring (bicyclic) bond motifs is 1. The van der Waals surface area contributed by atoms with E-state index in [2.05, 4.69) is 24.0 Å². The molecule has 1 aromatic carbocycles. The van der Waals surface area contributed by atoms with Gasteiger partial charge in [0.2, 0.25) is 0 Å². The number of rotatable bonds is 2. The normalized spacial score (nSPS) is 20.5. The highest BCUT2D eigenvalue weighted by Gasteiger charge is 2.24. The van der Waals surface area contributed by atoms with E-state index in [0.717, 1.165) is 6.42 Å². The molecule has 70 valence electrons. The van der Waals surface area contributed by atoms with E-state index in [1.807, 2.05) is 12.1 Å². The van der Waals surface area contributed by atoms with Crippen LogP contribution in [0.2, 0.25) is 0 Å². The molecule has 1 nitrogen and oxygen atoms in total. The van der Waals surface area contributed by atoms with Crippen molar-refractivity contribution in [3.63, 3.8) is 0 Å². The lowest BCUT2D eigenvalue weighted by atomic mass is 10.1. The van der Waals surface area contributed by atoms with E-state index in [9.17, 15) is 4.39 Å². The molecule has 1 aromatic rings. The van der Waals surface area contributed by atoms with E-state index < -0.39 is 0 Å². The molecule has 0 spiro atoms. The molecule has 1 heterocycles. The summed E-state index contributed by atoms with van der Waals surface area (Å²) in [4.78, 5) is 2.15. The molecule has 2 rings (SSSR count). The molecule has 1 atom stereocenters. The van der Waals surface area contributed by atoms with E-state index in [-0.39, 0.29) is 6.67 Å². The summed E-state index contributed by atoms with van der Waals surface area (Å²) in [6, 6.07) is 8.72. The maximum atomic E-state index is 12.3. The zero-order valence-electron chi connectivity index (χ0n) is 7.83. The number of alkyl halides is 1. The minimum absolute atomic E-state index is 0.265. The van der Waals surface area contributed by atoms with Crippen molar-refractivity contribution in [1.82, 2.24) is 0 Å². The Morgan fingerprint density at radius 2 is 2.23 bits per heavy atom. The maximum absolute atomic E-state index is 12.3. The van der Waals surface area contributed by atoms with Crippen LogP contribution in [0.4, 0.5) is 10.1 Å². The standard InChI is InChI=1S/C11H14FN/c1-9-8-10-4-2-3-5-11(10)13(9)7-6-12/h2-5,9H,6-8H2,1H3/t9-/m1/s1. The zero-order valence-corrected chi connectivity index (χ0v) is 7.83. The summed E-state index contributed by atoms with van der Waals surface area (Å²) in [5.74, 6) is 0. The van der Waals surface area contributed by atoms with Gasteiger partial charge in [-0.05, 0) is 25.0 Å². The quantitative estimate of drug-likeness (QED) is 0.674. The van der Waals surface area contributed by atoms with Crippen molar-refractivity contribution in [2.45, 2.75) is 19.4 Å². The average molecular weight is 179 g/mol. The minimum atomic E-state index is -0.265. The molecule has 1 aliphatic heterocycles. The molecule has 0 N–H and O–H groups in total. The second kappa shape index (κ2) is 3.36. The first-order valence-electron chi connectivity index (χ1n) is 4.73. The summed E-state index contributed by atoms with van der Waals surface area (Å²) < 4.78 is 12.3. The van der Waals surface area contributed by atoms with Crippen LogP contribution >= 0.6 is 0 Å². The smallest absolute Gasteiger partial charge is 0.107 e. The summed E-state index contributed by atoms with van der Waals surface area (Å²) in [5, 5.41) is 0. The Labute approximate surface area is 78.2 Å². The summed E-state index contributed by atoms with van der Waals surface area (Å²) in [6.07, 6.45) is 1.05. The SMILES string of the molecule is C[C@@H]1Cc2ccccc2N1CCF. The third kappa shape index (κ3) is 1.41. The molecule has 0 fully saturated rings. The van der Waals surface area contributed by atoms with Gasteiger partial charge in [-0.3, -0.25) is 0 Å². The van der Waals surface area contributed by atoms with Crippen molar-refractivity contribution in [3.05, 3.63) is 29.8 Å². The molecule has 2 heteroatoms. The van der Waals surface area contributed by atoms with Gasteiger partial charge in [0, 0.05) is 18.3 Å². The highest BCUT2D eigenvalue weighted by molar-refractivity contribution is 5.59. The van der Waals surface area contributed by atoms with Gasteiger partial charge in [-0.2, -0.15) is 0 Å². The van der Waals surface area contributed by atoms with Crippen molar-refractivity contribution in [3.8, 4) is 0 Å². The van der Waals surface area contributed by atoms with Crippen LogP contribution in [0.1, 0.15) is 12.5 Å². The van der Waals surface area contributed by atoms with E-state index in [1.54, 1.807) is 0 Å². The molecule has 0 amide bonds. The Balaban J connectivity index is 2.29. The summed E-state index contributed by atoms with van der Waals surface area (Å²) in [6.45, 7) is 2.41. The molecule has 1 aliphatic rings. The highest BCUT2D eigenvalue weighted by atomic mass is 19.1. The van der Waals surface area contributed by atoms with Gasteiger partial charge in [-0.25, -0.2) is 4.39 Å². The topological polar surface area (TPSA) is 3.24 Å². The van der Waals surface area contributed by atoms with E-state index >= 15 is 0 Å². The van der Waals surface area contributed by atoms with E-state index in [1.165, 1.54) is 11.3 Å². The van der Waals surface area contributed by atoms with Crippen LogP contribution in [0.15, 0.2) is 24.3 Å². The van der Waals surface area contributed by atoms with Gasteiger partial charge >= 0.3 is 0 Å². The Bertz CT molecular complexity index is 298. The Morgan fingerprint density at radius 3 is 3.00 bits per heavy atom. The lowest BCUT2D eigenvalue weighted by Crippen LogP contribution is -2.31. The largest absolute Gasteiger partial charge is 0.366 e. The Morgan fingerprint density at radius 1 is 1.46 bits per heavy atom. The fraction of sp³-hybridized carbons (Fsp3) is 0.455. The number of nitrogens with zero attached hydrogens (tertiary/aromatic N) is 1. The monoisotopic (exact) mass is 179 g/mol. The van der Waals surface area contributed by atoms with Gasteiger partial charge in [0.25, 0.3) is 0 Å². The van der Waals surface area contributed by atoms with Crippen molar-refractivity contribution in [1.29, 1.82) is 0 Å². The second-order valence-corrected chi connectivity index (χ2v) is 3.56. The molecular weight excluding hydrogens is 165 g/mol. The summed E-state index contributed by atoms with van der Waals surface area (Å²) in [5.41, 5.74) is 2.57. The van der Waals surface area contributed by atoms with Gasteiger partial charge in [-0.1, -0.05) is 18.2 Å². The minimum Gasteiger partial charge on any atom is -0.366 e. The lowest BCUT2D eigenvalue weighted by molar-refractivity contribution is 0.480. The molecular formula is C11H14FN. The van der Waals surface area contributed by atoms with E-state index in [4.69, 9.17) is 0 Å². The number of halogens is 1. The highest BCUT2D eigenvalue weighted by Crippen LogP contribution is 2.31. The van der Waals surface area contributed by atoms with Crippen LogP contribution in [0, 0.1) is 0 Å². The first-order chi connectivity index (χ1) is 6.33. The fourth-order valence-electron chi connectivity index (χ4n) is 2.06. The van der Waals surface area contributed by atoms with Gasteiger partial charge in [-0.15, -0.1) is 0 Å². The summed E-state index contributed by atoms with van der Waals surface area (Å²) in [7, 11) is 0. The van der Waals surface area contributed by atoms with Crippen LogP contribution in [-0.4, -0.2) is 19.3 Å². The molecule has 0 aromatic heterocycles. The Hall–Kier alpha value is -1.05. The molecule has 0 aliphatic carbocycles. The third-order valence-electron chi connectivity index (χ3n) is 2.67. The first-order valence-corrected chi connectivity index (χ1v) is 4.73. The van der Waals surface area contributed by atoms with Crippen LogP contribution in [0.5, 0.6) is 0 Å². The first kappa shape index (κ1) is 8.54. The van der Waals surface area contributed by atoms with Crippen LogP contribution in [0.3, 0.4) is 0 Å². The number of benzene rings is 1. The number of para-hydroxylation sites is 1. The number of hydrogen-bond donors (Lipinski definition) is 0. The second-order valence-electron chi connectivity index (χ2n) is 3.56. The number of hydrogen-bond acceptors (Lipinski definition) is 1. The molecule has 0 saturated heterocycles. The Kier molecular flexibility index (Phi) is 2.21. The van der Waals surface area contributed by atoms with Crippen molar-refractivity contribution >= 4 is 5.69 Å². The fourth-order valence-corrected chi connectivity index (χ4v) is 2.06. The maximum Gasteiger partial charge on any atom is 0.107 e. The third-order valence-corrected chi connectivity index (χ3v) is 2.67. The summed E-state index contributed by atoms with van der Waals surface area (Å²) >= 11 is 0. The predicted octanol–water partition coefficient (Wildman–Crippen LogP) is 2.41. The van der Waals surface area contributed by atoms with Crippen molar-refractivity contribution in [2.75, 3.05) is 18.1 Å². The van der Waals surface area contributed by atoms with Gasteiger partial charge < -0.3 is 4.90 Å². The van der Waals surface area contributed by atoms with Crippen molar-refractivity contribution in [2.24, 2.45) is 0 Å². The molecule has 0 unspecified atom stereocenters. The van der Waals surface area contributed by atoms with Crippen LogP contribution in [-0.2, 0) is 6.42 Å². The van der Waals surface area contributed by atoms with E-state index in [0.29, 0.717) is 12.6 Å². The molecule has 0 bridgehead atoms. The molecule has 0 saturated carbocycles. The molecule has 0 radical (unpaired) electrons. The van der Waals surface area contributed by atoms with Gasteiger partial charge in [0.15, 0.2) is 0 Å². The van der Waals surface area contributed by atoms with Gasteiger partial charge in [0.05, 0.1) is 0 Å². The molecule has 13 heavy (non-hydrogen) atoms.